The van der Waals surface area contributed by atoms with Crippen molar-refractivity contribution < 1.29 is 23.5 Å². The summed E-state index contributed by atoms with van der Waals surface area (Å²) in [5, 5.41) is 17.4. The number of rotatable bonds is 11. The van der Waals surface area contributed by atoms with Crippen LogP contribution in [0.5, 0.6) is 0 Å². The van der Waals surface area contributed by atoms with Crippen molar-refractivity contribution in [1.29, 1.82) is 0 Å². The lowest BCUT2D eigenvalue weighted by Gasteiger charge is -2.42. The van der Waals surface area contributed by atoms with E-state index in [0.717, 1.165) is 18.1 Å². The van der Waals surface area contributed by atoms with Gasteiger partial charge in [-0.2, -0.15) is 0 Å². The number of hydrogen-bond donors (Lipinski definition) is 4. The van der Waals surface area contributed by atoms with E-state index in [-0.39, 0.29) is 25.0 Å². The summed E-state index contributed by atoms with van der Waals surface area (Å²) in [5.74, 6) is -3.42. The van der Waals surface area contributed by atoms with Crippen molar-refractivity contribution in [2.24, 2.45) is 17.1 Å². The number of aliphatic hydroxyl groups excluding tert-OH is 1. The van der Waals surface area contributed by atoms with Gasteiger partial charge in [-0.15, -0.1) is 0 Å². The van der Waals surface area contributed by atoms with Gasteiger partial charge in [-0.3, -0.25) is 9.59 Å². The molecule has 6 nitrogen and oxygen atoms in total. The number of primary amides is 1. The second kappa shape index (κ2) is 12.3. The summed E-state index contributed by atoms with van der Waals surface area (Å²) in [7, 11) is 1.47. The summed E-state index contributed by atoms with van der Waals surface area (Å²) in [5.41, 5.74) is 7.63. The van der Waals surface area contributed by atoms with E-state index >= 15 is 0 Å². The topological polar surface area (TPSA) is 104 Å². The number of carbonyl (C=O) groups excluding carboxylic acids is 2. The first-order valence-electron chi connectivity index (χ1n) is 12.4. The Hall–Kier alpha value is -3.36. The van der Waals surface area contributed by atoms with Crippen LogP contribution in [0.15, 0.2) is 65.8 Å². The van der Waals surface area contributed by atoms with Gasteiger partial charge >= 0.3 is 0 Å². The fourth-order valence-corrected chi connectivity index (χ4v) is 5.19. The number of amides is 2. The van der Waals surface area contributed by atoms with Crippen molar-refractivity contribution in [3.63, 3.8) is 0 Å². The first kappa shape index (κ1) is 28.2. The Balaban J connectivity index is 1.97. The van der Waals surface area contributed by atoms with Crippen molar-refractivity contribution in [3.05, 3.63) is 94.1 Å². The summed E-state index contributed by atoms with van der Waals surface area (Å²) in [6.07, 6.45) is 3.08. The van der Waals surface area contributed by atoms with Gasteiger partial charge in [0.1, 0.15) is 11.6 Å². The summed E-state index contributed by atoms with van der Waals surface area (Å²) in [6.45, 7) is 4.41. The van der Waals surface area contributed by atoms with E-state index in [1.807, 2.05) is 18.2 Å². The zero-order valence-corrected chi connectivity index (χ0v) is 21.5. The Kier molecular flexibility index (Phi) is 9.34. The second-order valence-electron chi connectivity index (χ2n) is 9.68. The van der Waals surface area contributed by atoms with E-state index < -0.39 is 40.9 Å². The minimum atomic E-state index is -1.37. The molecular weight excluding hydrogens is 476 g/mol. The molecule has 0 aromatic heterocycles. The van der Waals surface area contributed by atoms with Gasteiger partial charge in [0.25, 0.3) is 0 Å². The van der Waals surface area contributed by atoms with Gasteiger partial charge in [-0.05, 0) is 55.0 Å². The van der Waals surface area contributed by atoms with Crippen LogP contribution >= 0.6 is 0 Å². The lowest BCUT2D eigenvalue weighted by atomic mass is 9.63. The first-order chi connectivity index (χ1) is 17.6. The molecule has 0 bridgehead atoms. The molecule has 3 atom stereocenters. The van der Waals surface area contributed by atoms with Crippen LogP contribution in [0.3, 0.4) is 0 Å². The van der Waals surface area contributed by atoms with Crippen LogP contribution < -0.4 is 16.4 Å². The molecule has 0 saturated heterocycles. The van der Waals surface area contributed by atoms with E-state index in [2.05, 4.69) is 23.6 Å². The molecule has 0 fully saturated rings. The maximum atomic E-state index is 14.0. The molecule has 0 radical (unpaired) electrons. The molecule has 1 aliphatic rings. The fourth-order valence-electron chi connectivity index (χ4n) is 5.19. The zero-order valence-electron chi connectivity index (χ0n) is 21.5. The normalized spacial score (nSPS) is 19.0. The summed E-state index contributed by atoms with van der Waals surface area (Å²) in [6, 6.07) is 11.2. The Labute approximate surface area is 216 Å². The monoisotopic (exact) mass is 511 g/mol. The van der Waals surface area contributed by atoms with Crippen LogP contribution in [0.4, 0.5) is 8.78 Å². The molecule has 2 amide bonds. The van der Waals surface area contributed by atoms with E-state index in [4.69, 9.17) is 5.73 Å². The van der Waals surface area contributed by atoms with Crippen molar-refractivity contribution >= 4 is 11.8 Å². The van der Waals surface area contributed by atoms with Gasteiger partial charge in [-0.25, -0.2) is 8.78 Å². The minimum absolute atomic E-state index is 0.00785. The van der Waals surface area contributed by atoms with Crippen LogP contribution in [0, 0.1) is 23.0 Å². The molecule has 3 rings (SSSR count). The predicted octanol–water partition coefficient (Wildman–Crippen LogP) is 3.33. The van der Waals surface area contributed by atoms with Crippen LogP contribution in [-0.4, -0.2) is 36.6 Å². The highest BCUT2D eigenvalue weighted by Crippen LogP contribution is 2.44. The third kappa shape index (κ3) is 6.90. The Morgan fingerprint density at radius 3 is 2.41 bits per heavy atom. The standard InChI is InChI=1S/C29H35F2N3O3/c1-4-19-6-5-7-20(9-19)16-34-17-26(35)25(12-21-10-23(30)13-24(31)11-21)29(28(37)33-3)14-18(2)8-22(15-29)27(32)36/h5-11,13-14,25-26,34-35H,4,12,15-17H2,1-3H3,(H2,32,36)(H,33,37)/t25-,26+,29?/m1/s1. The second-order valence-corrected chi connectivity index (χ2v) is 9.68. The number of aliphatic hydroxyl groups is 1. The minimum Gasteiger partial charge on any atom is -0.391 e. The van der Waals surface area contributed by atoms with Crippen LogP contribution in [0.25, 0.3) is 0 Å². The van der Waals surface area contributed by atoms with E-state index in [1.165, 1.54) is 24.7 Å². The lowest BCUT2D eigenvalue weighted by Crippen LogP contribution is -2.52. The Morgan fingerprint density at radius 2 is 1.78 bits per heavy atom. The van der Waals surface area contributed by atoms with Gasteiger partial charge in [0.05, 0.1) is 11.5 Å². The number of nitrogens with one attached hydrogen (secondary N) is 2. The number of aryl methyl sites for hydroxylation is 1. The molecule has 0 heterocycles. The number of allylic oxidation sites excluding steroid dienone is 2. The first-order valence-corrected chi connectivity index (χ1v) is 12.4. The number of hydrogen-bond acceptors (Lipinski definition) is 4. The van der Waals surface area contributed by atoms with Crippen LogP contribution in [-0.2, 0) is 29.0 Å². The molecule has 8 heteroatoms. The molecular formula is C29H35F2N3O3. The Bertz CT molecular complexity index is 1190. The number of carbonyl (C=O) groups is 2. The molecule has 5 N–H and O–H groups in total. The molecule has 0 aliphatic heterocycles. The summed E-state index contributed by atoms with van der Waals surface area (Å²) in [4.78, 5) is 25.6. The number of halogens is 2. The molecule has 1 unspecified atom stereocenters. The third-order valence-corrected chi connectivity index (χ3v) is 6.92. The van der Waals surface area contributed by atoms with Crippen molar-refractivity contribution in [2.75, 3.05) is 13.6 Å². The van der Waals surface area contributed by atoms with Gasteiger partial charge in [0.15, 0.2) is 0 Å². The van der Waals surface area contributed by atoms with Gasteiger partial charge in [0, 0.05) is 37.7 Å². The van der Waals surface area contributed by atoms with Crippen molar-refractivity contribution in [2.45, 2.75) is 45.8 Å². The van der Waals surface area contributed by atoms with Gasteiger partial charge in [0.2, 0.25) is 11.8 Å². The molecule has 2 aromatic carbocycles. The Morgan fingerprint density at radius 1 is 1.11 bits per heavy atom. The highest BCUT2D eigenvalue weighted by Gasteiger charge is 2.48. The average Bonchev–Trinajstić information content (AvgIpc) is 2.85. The van der Waals surface area contributed by atoms with Crippen LogP contribution in [0.1, 0.15) is 37.0 Å². The lowest BCUT2D eigenvalue weighted by molar-refractivity contribution is -0.133. The number of nitrogens with two attached hydrogens (primary N) is 1. The maximum absolute atomic E-state index is 14.0. The molecule has 198 valence electrons. The van der Waals surface area contributed by atoms with Crippen molar-refractivity contribution in [3.8, 4) is 0 Å². The molecule has 0 spiro atoms. The van der Waals surface area contributed by atoms with Gasteiger partial charge in [-0.1, -0.05) is 48.9 Å². The number of benzene rings is 2. The third-order valence-electron chi connectivity index (χ3n) is 6.92. The summed E-state index contributed by atoms with van der Waals surface area (Å²) < 4.78 is 28.1. The van der Waals surface area contributed by atoms with E-state index in [1.54, 1.807) is 19.1 Å². The maximum Gasteiger partial charge on any atom is 0.244 e. The van der Waals surface area contributed by atoms with E-state index in [0.29, 0.717) is 17.7 Å². The van der Waals surface area contributed by atoms with Crippen LogP contribution in [0.2, 0.25) is 0 Å². The zero-order chi connectivity index (χ0) is 27.2. The smallest absolute Gasteiger partial charge is 0.244 e. The SMILES string of the molecule is CCc1cccc(CNC[C@H](O)[C@@H](Cc2cc(F)cc(F)c2)C2(C(=O)NC)C=C(C)C=C(C(N)=O)C2)c1. The molecule has 1 aliphatic carbocycles. The van der Waals surface area contributed by atoms with Crippen molar-refractivity contribution in [1.82, 2.24) is 10.6 Å². The molecule has 37 heavy (non-hydrogen) atoms. The van der Waals surface area contributed by atoms with E-state index in [9.17, 15) is 23.5 Å². The molecule has 2 aromatic rings. The largest absolute Gasteiger partial charge is 0.391 e. The predicted molar refractivity (Wildman–Crippen MR) is 139 cm³/mol. The average molecular weight is 512 g/mol. The highest BCUT2D eigenvalue weighted by molar-refractivity contribution is 5.96. The van der Waals surface area contributed by atoms with Gasteiger partial charge < -0.3 is 21.5 Å². The fraction of sp³-hybridized carbons (Fsp3) is 0.379. The highest BCUT2D eigenvalue weighted by atomic mass is 19.1. The molecule has 0 saturated carbocycles. The summed E-state index contributed by atoms with van der Waals surface area (Å²) >= 11 is 0. The quantitative estimate of drug-likeness (QED) is 0.372.